The highest BCUT2D eigenvalue weighted by atomic mass is 32.1. The van der Waals surface area contributed by atoms with E-state index >= 15 is 0 Å². The van der Waals surface area contributed by atoms with Gasteiger partial charge in [-0.05, 0) is 30.5 Å². The van der Waals surface area contributed by atoms with Gasteiger partial charge in [0.05, 0.1) is 4.53 Å². The highest BCUT2D eigenvalue weighted by molar-refractivity contribution is 7.15. The van der Waals surface area contributed by atoms with Gasteiger partial charge in [-0.2, -0.15) is 9.50 Å². The van der Waals surface area contributed by atoms with Gasteiger partial charge in [-0.15, -0.1) is 5.10 Å². The number of nitrogens with zero attached hydrogens (tertiary/aromatic N) is 3. The first kappa shape index (κ1) is 15.7. The third-order valence-corrected chi connectivity index (χ3v) is 5.14. The zero-order chi connectivity index (χ0) is 17.4. The zero-order valence-corrected chi connectivity index (χ0v) is 14.9. The molecule has 0 saturated heterocycles. The fraction of sp³-hybridized carbons (Fsp3) is 0.150. The molecule has 5 heteroatoms. The summed E-state index contributed by atoms with van der Waals surface area (Å²) in [4.78, 5) is 17.7. The Kier molecular flexibility index (Phi) is 3.93. The number of hydrogen-bond donors (Lipinski definition) is 0. The number of benzene rings is 2. The Morgan fingerprint density at radius 2 is 1.80 bits per heavy atom. The summed E-state index contributed by atoms with van der Waals surface area (Å²) in [5.41, 5.74) is 4.27. The number of rotatable bonds is 3. The Balaban J connectivity index is 1.76. The van der Waals surface area contributed by atoms with Crippen molar-refractivity contribution < 1.29 is 0 Å². The Bertz CT molecular complexity index is 1140. The van der Waals surface area contributed by atoms with Crippen molar-refractivity contribution in [2.45, 2.75) is 20.3 Å². The van der Waals surface area contributed by atoms with Gasteiger partial charge in [0.2, 0.25) is 4.96 Å². The van der Waals surface area contributed by atoms with E-state index in [1.807, 2.05) is 49.4 Å². The third-order valence-electron chi connectivity index (χ3n) is 4.18. The smallest absolute Gasteiger partial charge is 0.266 e. The fourth-order valence-electron chi connectivity index (χ4n) is 2.66. The predicted octanol–water partition coefficient (Wildman–Crippen LogP) is 3.24. The van der Waals surface area contributed by atoms with Crippen molar-refractivity contribution in [3.8, 4) is 11.4 Å². The van der Waals surface area contributed by atoms with E-state index in [-0.39, 0.29) is 5.56 Å². The van der Waals surface area contributed by atoms with Crippen LogP contribution in [0.2, 0.25) is 0 Å². The molecule has 25 heavy (non-hydrogen) atoms. The summed E-state index contributed by atoms with van der Waals surface area (Å²) in [5.74, 6) is 0.585. The van der Waals surface area contributed by atoms with E-state index in [1.54, 1.807) is 0 Å². The van der Waals surface area contributed by atoms with Crippen LogP contribution < -0.4 is 10.1 Å². The van der Waals surface area contributed by atoms with Crippen molar-refractivity contribution in [3.63, 3.8) is 0 Å². The van der Waals surface area contributed by atoms with Crippen molar-refractivity contribution in [3.05, 3.63) is 80.1 Å². The zero-order valence-electron chi connectivity index (χ0n) is 14.1. The molecule has 0 N–H and O–H groups in total. The standard InChI is InChI=1S/C20H17N3OS/c1-3-14-6-8-15(9-7-14)12-17-19(24)23-20(25-17)21-18(22-23)16-10-4-13(2)5-11-16/h4-12H,3H2,1-2H3/b17-12-. The van der Waals surface area contributed by atoms with Crippen molar-refractivity contribution in [1.29, 1.82) is 0 Å². The first-order valence-electron chi connectivity index (χ1n) is 8.21. The minimum Gasteiger partial charge on any atom is -0.266 e. The van der Waals surface area contributed by atoms with Crippen LogP contribution in [0, 0.1) is 6.92 Å². The number of thiazole rings is 1. The summed E-state index contributed by atoms with van der Waals surface area (Å²) in [5, 5.41) is 4.39. The molecule has 0 unspecified atom stereocenters. The van der Waals surface area contributed by atoms with Gasteiger partial charge in [0, 0.05) is 5.56 Å². The van der Waals surface area contributed by atoms with Gasteiger partial charge in [-0.1, -0.05) is 72.4 Å². The quantitative estimate of drug-likeness (QED) is 0.572. The number of aromatic nitrogens is 3. The molecule has 0 spiro atoms. The molecule has 2 heterocycles. The van der Waals surface area contributed by atoms with Gasteiger partial charge >= 0.3 is 0 Å². The second-order valence-electron chi connectivity index (χ2n) is 6.01. The van der Waals surface area contributed by atoms with Crippen LogP contribution in [-0.4, -0.2) is 14.6 Å². The maximum atomic E-state index is 12.6. The van der Waals surface area contributed by atoms with Crippen molar-refractivity contribution in [2.24, 2.45) is 0 Å². The molecule has 0 radical (unpaired) electrons. The first-order chi connectivity index (χ1) is 12.1. The monoisotopic (exact) mass is 347 g/mol. The van der Waals surface area contributed by atoms with Crippen molar-refractivity contribution >= 4 is 22.4 Å². The number of aryl methyl sites for hydroxylation is 2. The van der Waals surface area contributed by atoms with Gasteiger partial charge in [-0.25, -0.2) is 0 Å². The molecule has 0 fully saturated rings. The lowest BCUT2D eigenvalue weighted by atomic mass is 10.1. The summed E-state index contributed by atoms with van der Waals surface area (Å²) in [6.07, 6.45) is 2.90. The molecule has 124 valence electrons. The molecule has 4 aromatic rings. The second kappa shape index (κ2) is 6.26. The Morgan fingerprint density at radius 1 is 1.08 bits per heavy atom. The summed E-state index contributed by atoms with van der Waals surface area (Å²) >= 11 is 1.37. The van der Waals surface area contributed by atoms with Gasteiger partial charge in [0.15, 0.2) is 5.82 Å². The molecular weight excluding hydrogens is 330 g/mol. The molecule has 0 aliphatic heterocycles. The van der Waals surface area contributed by atoms with Gasteiger partial charge < -0.3 is 0 Å². The maximum absolute atomic E-state index is 12.6. The van der Waals surface area contributed by atoms with Crippen LogP contribution >= 0.6 is 11.3 Å². The maximum Gasteiger partial charge on any atom is 0.291 e. The van der Waals surface area contributed by atoms with Crippen LogP contribution in [0.5, 0.6) is 0 Å². The highest BCUT2D eigenvalue weighted by Gasteiger charge is 2.11. The van der Waals surface area contributed by atoms with E-state index in [0.717, 1.165) is 17.5 Å². The highest BCUT2D eigenvalue weighted by Crippen LogP contribution is 2.17. The SMILES string of the molecule is CCc1ccc(/C=c2\sc3nc(-c4ccc(C)cc4)nn3c2=O)cc1. The second-order valence-corrected chi connectivity index (χ2v) is 7.02. The predicted molar refractivity (Wildman–Crippen MR) is 102 cm³/mol. The van der Waals surface area contributed by atoms with Crippen LogP contribution in [0.3, 0.4) is 0 Å². The normalized spacial score (nSPS) is 12.2. The van der Waals surface area contributed by atoms with E-state index in [1.165, 1.54) is 27.0 Å². The molecule has 0 amide bonds. The topological polar surface area (TPSA) is 47.3 Å². The molecule has 4 nitrogen and oxygen atoms in total. The number of fused-ring (bicyclic) bond motifs is 1. The average molecular weight is 347 g/mol. The van der Waals surface area contributed by atoms with Crippen LogP contribution in [-0.2, 0) is 6.42 Å². The molecule has 0 atom stereocenters. The van der Waals surface area contributed by atoms with E-state index in [2.05, 4.69) is 29.1 Å². The summed E-state index contributed by atoms with van der Waals surface area (Å²) in [6.45, 7) is 4.16. The summed E-state index contributed by atoms with van der Waals surface area (Å²) in [7, 11) is 0. The molecule has 4 rings (SSSR count). The Labute approximate surface area is 149 Å². The summed E-state index contributed by atoms with van der Waals surface area (Å²) < 4.78 is 2.04. The van der Waals surface area contributed by atoms with Gasteiger partial charge in [-0.3, -0.25) is 4.79 Å². The molecule has 0 saturated carbocycles. The lowest BCUT2D eigenvalue weighted by Crippen LogP contribution is -2.23. The van der Waals surface area contributed by atoms with Crippen LogP contribution in [0.4, 0.5) is 0 Å². The lowest BCUT2D eigenvalue weighted by Gasteiger charge is -1.96. The van der Waals surface area contributed by atoms with Crippen LogP contribution in [0.25, 0.3) is 22.4 Å². The molecule has 0 bridgehead atoms. The molecule has 0 aliphatic rings. The third kappa shape index (κ3) is 2.98. The molecule has 0 aliphatic carbocycles. The van der Waals surface area contributed by atoms with Crippen LogP contribution in [0.15, 0.2) is 53.3 Å². The summed E-state index contributed by atoms with van der Waals surface area (Å²) in [6, 6.07) is 16.2. The Hall–Kier alpha value is -2.79. The van der Waals surface area contributed by atoms with E-state index in [9.17, 15) is 4.79 Å². The van der Waals surface area contributed by atoms with Gasteiger partial charge in [0.25, 0.3) is 5.56 Å². The minimum absolute atomic E-state index is 0.120. The van der Waals surface area contributed by atoms with Crippen LogP contribution in [0.1, 0.15) is 23.6 Å². The lowest BCUT2D eigenvalue weighted by molar-refractivity contribution is 0.937. The van der Waals surface area contributed by atoms with Crippen molar-refractivity contribution in [1.82, 2.24) is 14.6 Å². The largest absolute Gasteiger partial charge is 0.291 e. The molecule has 2 aromatic heterocycles. The average Bonchev–Trinajstić information content (AvgIpc) is 3.16. The first-order valence-corrected chi connectivity index (χ1v) is 9.03. The van der Waals surface area contributed by atoms with E-state index < -0.39 is 0 Å². The van der Waals surface area contributed by atoms with E-state index in [4.69, 9.17) is 0 Å². The van der Waals surface area contributed by atoms with Gasteiger partial charge in [0.1, 0.15) is 0 Å². The van der Waals surface area contributed by atoms with E-state index in [0.29, 0.717) is 15.3 Å². The minimum atomic E-state index is -0.120. The Morgan fingerprint density at radius 3 is 2.44 bits per heavy atom. The fourth-order valence-corrected chi connectivity index (χ4v) is 3.57. The molecule has 2 aromatic carbocycles. The molecular formula is C20H17N3OS. The van der Waals surface area contributed by atoms with Crippen molar-refractivity contribution in [2.75, 3.05) is 0 Å². The number of hydrogen-bond acceptors (Lipinski definition) is 4.